The number of halogens is 3. The van der Waals surface area contributed by atoms with Crippen molar-refractivity contribution in [1.82, 2.24) is 0 Å². The van der Waals surface area contributed by atoms with Crippen molar-refractivity contribution in [2.45, 2.75) is 26.4 Å². The fraction of sp³-hybridized carbons (Fsp3) is 0.200. The fourth-order valence-electron chi connectivity index (χ4n) is 4.01. The van der Waals surface area contributed by atoms with Crippen molar-refractivity contribution >= 4 is 0 Å². The van der Waals surface area contributed by atoms with Crippen LogP contribution in [0.25, 0.3) is 22.3 Å². The van der Waals surface area contributed by atoms with Crippen LogP contribution in [-0.4, -0.2) is 13.7 Å². The van der Waals surface area contributed by atoms with Crippen LogP contribution in [-0.2, 0) is 24.2 Å². The van der Waals surface area contributed by atoms with E-state index in [2.05, 4.69) is 0 Å². The quantitative estimate of drug-likeness (QED) is 0.246. The molecule has 4 aromatic carbocycles. The number of rotatable bonds is 9. The lowest BCUT2D eigenvalue weighted by molar-refractivity contribution is 0.134. The van der Waals surface area contributed by atoms with Gasteiger partial charge >= 0.3 is 0 Å². The zero-order valence-corrected chi connectivity index (χ0v) is 19.8. The van der Waals surface area contributed by atoms with E-state index in [0.29, 0.717) is 48.5 Å². The second kappa shape index (κ2) is 11.2. The normalized spacial score (nSPS) is 11.0. The molecule has 180 valence electrons. The average Bonchev–Trinajstić information content (AvgIpc) is 2.89. The molecular weight excluding hydrogens is 449 g/mol. The summed E-state index contributed by atoms with van der Waals surface area (Å²) in [5.41, 5.74) is 4.14. The van der Waals surface area contributed by atoms with Gasteiger partial charge in [-0.25, -0.2) is 13.2 Å². The van der Waals surface area contributed by atoms with Crippen LogP contribution in [0.4, 0.5) is 13.2 Å². The first-order chi connectivity index (χ1) is 17.0. The lowest BCUT2D eigenvalue weighted by Gasteiger charge is -2.10. The van der Waals surface area contributed by atoms with E-state index >= 15 is 0 Å². The Kier molecular flexibility index (Phi) is 7.88. The smallest absolute Gasteiger partial charge is 0.166 e. The van der Waals surface area contributed by atoms with Crippen molar-refractivity contribution in [3.8, 4) is 28.0 Å². The Hall–Kier alpha value is -3.57. The summed E-state index contributed by atoms with van der Waals surface area (Å²) in [7, 11) is 1.55. The first kappa shape index (κ1) is 24.6. The van der Waals surface area contributed by atoms with Gasteiger partial charge in [0.15, 0.2) is 11.6 Å². The molecule has 5 heteroatoms. The third-order valence-corrected chi connectivity index (χ3v) is 6.02. The number of methoxy groups -OCH3 is 1. The van der Waals surface area contributed by atoms with E-state index in [0.717, 1.165) is 16.7 Å². The van der Waals surface area contributed by atoms with Crippen molar-refractivity contribution in [2.75, 3.05) is 13.7 Å². The Morgan fingerprint density at radius 1 is 0.657 bits per heavy atom. The third-order valence-electron chi connectivity index (χ3n) is 6.02. The monoisotopic (exact) mass is 476 g/mol. The topological polar surface area (TPSA) is 18.5 Å². The molecule has 0 aliphatic rings. The molecule has 0 radical (unpaired) electrons. The first-order valence-electron chi connectivity index (χ1n) is 11.6. The zero-order chi connectivity index (χ0) is 24.8. The van der Waals surface area contributed by atoms with Crippen LogP contribution >= 0.6 is 0 Å². The van der Waals surface area contributed by atoms with Gasteiger partial charge in [-0.05, 0) is 65.8 Å². The number of aryl methyl sites for hydroxylation is 2. The number of hydrogen-bond donors (Lipinski definition) is 0. The van der Waals surface area contributed by atoms with Gasteiger partial charge in [-0.15, -0.1) is 0 Å². The standard InChI is InChI=1S/C30H27F3O2/c1-3-35-19-21-7-16-26(28(31)18-21)22-8-4-20(5-9-22)6-10-24-13-17-27(30(33)29(24)32)23-11-14-25(34-2)15-12-23/h4-5,7-9,11-18H,3,6,10,19H2,1-2H3. The van der Waals surface area contributed by atoms with Gasteiger partial charge in [0.2, 0.25) is 0 Å². The van der Waals surface area contributed by atoms with Crippen LogP contribution in [0.3, 0.4) is 0 Å². The highest BCUT2D eigenvalue weighted by Gasteiger charge is 2.15. The third kappa shape index (κ3) is 5.75. The molecule has 0 fully saturated rings. The summed E-state index contributed by atoms with van der Waals surface area (Å²) in [5, 5.41) is 0. The lowest BCUT2D eigenvalue weighted by Crippen LogP contribution is -2.00. The van der Waals surface area contributed by atoms with Gasteiger partial charge in [0.1, 0.15) is 11.6 Å². The second-order valence-corrected chi connectivity index (χ2v) is 8.28. The van der Waals surface area contributed by atoms with Gasteiger partial charge in [-0.3, -0.25) is 0 Å². The van der Waals surface area contributed by atoms with Gasteiger partial charge in [0.05, 0.1) is 13.7 Å². The minimum absolute atomic E-state index is 0.215. The molecule has 0 N–H and O–H groups in total. The van der Waals surface area contributed by atoms with Crippen molar-refractivity contribution in [1.29, 1.82) is 0 Å². The molecule has 0 aromatic heterocycles. The highest BCUT2D eigenvalue weighted by molar-refractivity contribution is 5.66. The molecule has 0 aliphatic carbocycles. The van der Waals surface area contributed by atoms with Crippen molar-refractivity contribution in [3.63, 3.8) is 0 Å². The average molecular weight is 477 g/mol. The molecule has 0 saturated heterocycles. The van der Waals surface area contributed by atoms with Crippen LogP contribution in [0, 0.1) is 17.5 Å². The Balaban J connectivity index is 1.44. The Bertz CT molecular complexity index is 1280. The molecule has 0 amide bonds. The zero-order valence-electron chi connectivity index (χ0n) is 19.8. The van der Waals surface area contributed by atoms with Gasteiger partial charge < -0.3 is 9.47 Å². The molecule has 4 aromatic rings. The number of ether oxygens (including phenoxy) is 2. The van der Waals surface area contributed by atoms with E-state index in [9.17, 15) is 13.2 Å². The first-order valence-corrected chi connectivity index (χ1v) is 11.6. The number of hydrogen-bond acceptors (Lipinski definition) is 2. The van der Waals surface area contributed by atoms with E-state index in [4.69, 9.17) is 9.47 Å². The number of benzene rings is 4. The summed E-state index contributed by atoms with van der Waals surface area (Å²) < 4.78 is 54.6. The molecule has 35 heavy (non-hydrogen) atoms. The van der Waals surface area contributed by atoms with Crippen LogP contribution in [0.1, 0.15) is 23.6 Å². The maximum atomic E-state index is 14.8. The summed E-state index contributed by atoms with van der Waals surface area (Å²) in [6.45, 7) is 2.85. The second-order valence-electron chi connectivity index (χ2n) is 8.28. The molecule has 0 unspecified atom stereocenters. The van der Waals surface area contributed by atoms with E-state index in [1.807, 2.05) is 37.3 Å². The Labute approximate surface area is 204 Å². The minimum Gasteiger partial charge on any atom is -0.497 e. The Morgan fingerprint density at radius 2 is 1.29 bits per heavy atom. The summed E-state index contributed by atoms with van der Waals surface area (Å²) in [4.78, 5) is 0. The molecular formula is C30H27F3O2. The molecule has 0 aliphatic heterocycles. The van der Waals surface area contributed by atoms with Gasteiger partial charge in [-0.1, -0.05) is 60.7 Å². The van der Waals surface area contributed by atoms with Gasteiger partial charge in [-0.2, -0.15) is 0 Å². The molecule has 0 saturated carbocycles. The summed E-state index contributed by atoms with van der Waals surface area (Å²) in [6, 6.07) is 22.6. The predicted octanol–water partition coefficient (Wildman–Crippen LogP) is 7.77. The van der Waals surface area contributed by atoms with E-state index in [-0.39, 0.29) is 11.4 Å². The summed E-state index contributed by atoms with van der Waals surface area (Å²) in [5.74, 6) is -1.33. The predicted molar refractivity (Wildman–Crippen MR) is 133 cm³/mol. The van der Waals surface area contributed by atoms with Crippen LogP contribution in [0.15, 0.2) is 78.9 Å². The SMILES string of the molecule is CCOCc1ccc(-c2ccc(CCc3ccc(-c4ccc(OC)cc4)c(F)c3F)cc2)c(F)c1. The highest BCUT2D eigenvalue weighted by Crippen LogP contribution is 2.29. The maximum absolute atomic E-state index is 14.8. The molecule has 2 nitrogen and oxygen atoms in total. The van der Waals surface area contributed by atoms with Crippen LogP contribution < -0.4 is 4.74 Å². The summed E-state index contributed by atoms with van der Waals surface area (Å²) >= 11 is 0. The van der Waals surface area contributed by atoms with Crippen molar-refractivity contribution in [3.05, 3.63) is 113 Å². The fourth-order valence-corrected chi connectivity index (χ4v) is 4.01. The van der Waals surface area contributed by atoms with E-state index in [1.165, 1.54) is 6.07 Å². The molecule has 0 bridgehead atoms. The van der Waals surface area contributed by atoms with Gasteiger partial charge in [0, 0.05) is 17.7 Å². The van der Waals surface area contributed by atoms with Gasteiger partial charge in [0.25, 0.3) is 0 Å². The van der Waals surface area contributed by atoms with Crippen molar-refractivity contribution in [2.24, 2.45) is 0 Å². The largest absolute Gasteiger partial charge is 0.497 e. The van der Waals surface area contributed by atoms with E-state index in [1.54, 1.807) is 49.6 Å². The highest BCUT2D eigenvalue weighted by atomic mass is 19.2. The molecule has 0 atom stereocenters. The van der Waals surface area contributed by atoms with Crippen LogP contribution in [0.2, 0.25) is 0 Å². The Morgan fingerprint density at radius 3 is 1.94 bits per heavy atom. The van der Waals surface area contributed by atoms with Crippen molar-refractivity contribution < 1.29 is 22.6 Å². The molecule has 0 heterocycles. The van der Waals surface area contributed by atoms with E-state index < -0.39 is 11.6 Å². The van der Waals surface area contributed by atoms with Crippen LogP contribution in [0.5, 0.6) is 5.75 Å². The minimum atomic E-state index is -0.855. The molecule has 4 rings (SSSR count). The summed E-state index contributed by atoms with van der Waals surface area (Å²) in [6.07, 6.45) is 0.889. The lowest BCUT2D eigenvalue weighted by atomic mass is 9.97. The maximum Gasteiger partial charge on any atom is 0.166 e. The molecule has 0 spiro atoms.